The van der Waals surface area contributed by atoms with Crippen LogP contribution in [0.3, 0.4) is 0 Å². The van der Waals surface area contributed by atoms with Crippen molar-refractivity contribution >= 4 is 23.0 Å². The van der Waals surface area contributed by atoms with Crippen LogP contribution in [0.15, 0.2) is 36.4 Å². The van der Waals surface area contributed by atoms with E-state index in [-0.39, 0.29) is 0 Å². The quantitative estimate of drug-likeness (QED) is 0.770. The summed E-state index contributed by atoms with van der Waals surface area (Å²) >= 11 is 5.29. The molecular formula is C18H19N3O3S. The molecule has 2 rings (SSSR count). The minimum atomic E-state index is 0.448. The summed E-state index contributed by atoms with van der Waals surface area (Å²) < 4.78 is 16.0. The van der Waals surface area contributed by atoms with Crippen molar-refractivity contribution in [3.63, 3.8) is 0 Å². The number of nitrogens with zero attached hydrogens (tertiary/aromatic N) is 1. The molecule has 0 aliphatic rings. The number of nitriles is 1. The van der Waals surface area contributed by atoms with Crippen LogP contribution in [0.25, 0.3) is 0 Å². The number of ether oxygens (including phenoxy) is 3. The lowest BCUT2D eigenvalue weighted by molar-refractivity contribution is 0.323. The topological polar surface area (TPSA) is 75.5 Å². The maximum Gasteiger partial charge on any atom is 0.203 e. The molecule has 0 bridgehead atoms. The molecule has 0 radical (unpaired) electrons. The highest BCUT2D eigenvalue weighted by Crippen LogP contribution is 2.38. The lowest BCUT2D eigenvalue weighted by atomic mass is 10.2. The van der Waals surface area contributed by atoms with Gasteiger partial charge in [-0.2, -0.15) is 5.26 Å². The molecule has 0 unspecified atom stereocenters. The van der Waals surface area contributed by atoms with E-state index in [0.29, 0.717) is 34.5 Å². The second-order valence-electron chi connectivity index (χ2n) is 5.03. The zero-order valence-electron chi connectivity index (χ0n) is 14.3. The zero-order valence-corrected chi connectivity index (χ0v) is 15.1. The van der Waals surface area contributed by atoms with Gasteiger partial charge in [0.05, 0.1) is 33.0 Å². The SMILES string of the molecule is COc1cc(CNC(=S)Nc2cccc(C#N)c2)cc(OC)c1OC. The van der Waals surface area contributed by atoms with Crippen LogP contribution in [-0.4, -0.2) is 26.4 Å². The molecule has 2 aromatic rings. The molecule has 130 valence electrons. The third-order valence-corrected chi connectivity index (χ3v) is 3.67. The highest BCUT2D eigenvalue weighted by molar-refractivity contribution is 7.80. The summed E-state index contributed by atoms with van der Waals surface area (Å²) in [5.74, 6) is 1.71. The Hall–Kier alpha value is -2.98. The molecule has 0 aromatic heterocycles. The smallest absolute Gasteiger partial charge is 0.203 e. The van der Waals surface area contributed by atoms with Crippen molar-refractivity contribution in [1.82, 2.24) is 5.32 Å². The number of rotatable bonds is 6. The molecule has 2 aromatic carbocycles. The van der Waals surface area contributed by atoms with Gasteiger partial charge in [0.1, 0.15) is 0 Å². The number of anilines is 1. The van der Waals surface area contributed by atoms with Crippen molar-refractivity contribution in [2.45, 2.75) is 6.54 Å². The lowest BCUT2D eigenvalue weighted by Crippen LogP contribution is -2.27. The molecule has 0 aliphatic heterocycles. The summed E-state index contributed by atoms with van der Waals surface area (Å²) in [7, 11) is 4.71. The van der Waals surface area contributed by atoms with Gasteiger partial charge in [0.2, 0.25) is 5.75 Å². The Kier molecular flexibility index (Phi) is 6.43. The van der Waals surface area contributed by atoms with Gasteiger partial charge >= 0.3 is 0 Å². The molecule has 0 fully saturated rings. The van der Waals surface area contributed by atoms with E-state index in [4.69, 9.17) is 31.7 Å². The first kappa shape index (κ1) is 18.4. The lowest BCUT2D eigenvalue weighted by Gasteiger charge is -2.15. The van der Waals surface area contributed by atoms with Crippen LogP contribution in [-0.2, 0) is 6.54 Å². The molecule has 0 aliphatic carbocycles. The van der Waals surface area contributed by atoms with E-state index in [9.17, 15) is 0 Å². The number of hydrogen-bond acceptors (Lipinski definition) is 5. The van der Waals surface area contributed by atoms with Gasteiger partial charge in [-0.05, 0) is 48.1 Å². The maximum absolute atomic E-state index is 8.93. The van der Waals surface area contributed by atoms with E-state index < -0.39 is 0 Å². The largest absolute Gasteiger partial charge is 0.493 e. The van der Waals surface area contributed by atoms with Gasteiger partial charge in [0, 0.05) is 12.2 Å². The Bertz CT molecular complexity index is 777. The Morgan fingerprint density at radius 2 is 1.76 bits per heavy atom. The molecule has 0 spiro atoms. The molecule has 6 nitrogen and oxygen atoms in total. The Labute approximate surface area is 152 Å². The molecule has 7 heteroatoms. The Morgan fingerprint density at radius 1 is 1.08 bits per heavy atom. The van der Waals surface area contributed by atoms with Crippen LogP contribution in [0.5, 0.6) is 17.2 Å². The molecule has 0 atom stereocenters. The maximum atomic E-state index is 8.93. The van der Waals surface area contributed by atoms with Gasteiger partial charge < -0.3 is 24.8 Å². The normalized spacial score (nSPS) is 9.68. The predicted octanol–water partition coefficient (Wildman–Crippen LogP) is 3.07. The molecule has 0 heterocycles. The molecular weight excluding hydrogens is 338 g/mol. The van der Waals surface area contributed by atoms with Crippen molar-refractivity contribution in [2.75, 3.05) is 26.6 Å². The zero-order chi connectivity index (χ0) is 18.2. The number of nitrogens with one attached hydrogen (secondary N) is 2. The number of thiocarbonyl (C=S) groups is 1. The third-order valence-electron chi connectivity index (χ3n) is 3.43. The van der Waals surface area contributed by atoms with Gasteiger partial charge in [-0.1, -0.05) is 6.07 Å². The fourth-order valence-electron chi connectivity index (χ4n) is 2.26. The van der Waals surface area contributed by atoms with Crippen molar-refractivity contribution in [1.29, 1.82) is 5.26 Å². The van der Waals surface area contributed by atoms with E-state index in [1.807, 2.05) is 18.2 Å². The van der Waals surface area contributed by atoms with Gasteiger partial charge in [-0.25, -0.2) is 0 Å². The van der Waals surface area contributed by atoms with Crippen molar-refractivity contribution in [3.8, 4) is 23.3 Å². The van der Waals surface area contributed by atoms with Crippen LogP contribution in [0, 0.1) is 11.3 Å². The van der Waals surface area contributed by atoms with Crippen molar-refractivity contribution < 1.29 is 14.2 Å². The molecule has 0 amide bonds. The van der Waals surface area contributed by atoms with E-state index in [1.165, 1.54) is 0 Å². The standard InChI is InChI=1S/C18H19N3O3S/c1-22-15-8-13(9-16(23-2)17(15)24-3)11-20-18(25)21-14-6-4-5-12(7-14)10-19/h4-9H,11H2,1-3H3,(H2,20,21,25). The Morgan fingerprint density at radius 3 is 2.32 bits per heavy atom. The van der Waals surface area contributed by atoms with Gasteiger partial charge in [-0.15, -0.1) is 0 Å². The minimum Gasteiger partial charge on any atom is -0.493 e. The average molecular weight is 357 g/mol. The van der Waals surface area contributed by atoms with Crippen LogP contribution < -0.4 is 24.8 Å². The van der Waals surface area contributed by atoms with Crippen molar-refractivity contribution in [2.24, 2.45) is 0 Å². The summed E-state index contributed by atoms with van der Waals surface area (Å²) in [6, 6.07) is 12.9. The van der Waals surface area contributed by atoms with Crippen LogP contribution in [0.1, 0.15) is 11.1 Å². The van der Waals surface area contributed by atoms with Crippen LogP contribution in [0.4, 0.5) is 5.69 Å². The second kappa shape index (κ2) is 8.76. The highest BCUT2D eigenvalue weighted by Gasteiger charge is 2.13. The van der Waals surface area contributed by atoms with E-state index >= 15 is 0 Å². The van der Waals surface area contributed by atoms with Gasteiger partial charge in [0.25, 0.3) is 0 Å². The van der Waals surface area contributed by atoms with E-state index in [1.54, 1.807) is 39.5 Å². The minimum absolute atomic E-state index is 0.448. The number of benzene rings is 2. The summed E-state index contributed by atoms with van der Waals surface area (Å²) in [6.45, 7) is 0.473. The summed E-state index contributed by atoms with van der Waals surface area (Å²) in [6.07, 6.45) is 0. The fourth-order valence-corrected chi connectivity index (χ4v) is 2.45. The van der Waals surface area contributed by atoms with Crippen LogP contribution >= 0.6 is 12.2 Å². The third kappa shape index (κ3) is 4.75. The van der Waals surface area contributed by atoms with Crippen LogP contribution in [0.2, 0.25) is 0 Å². The number of hydrogen-bond donors (Lipinski definition) is 2. The van der Waals surface area contributed by atoms with E-state index in [2.05, 4.69) is 16.7 Å². The monoisotopic (exact) mass is 357 g/mol. The van der Waals surface area contributed by atoms with Crippen molar-refractivity contribution in [3.05, 3.63) is 47.5 Å². The average Bonchev–Trinajstić information content (AvgIpc) is 2.65. The Balaban J connectivity index is 2.05. The fraction of sp³-hybridized carbons (Fsp3) is 0.222. The first-order valence-electron chi connectivity index (χ1n) is 7.45. The predicted molar refractivity (Wildman–Crippen MR) is 100 cm³/mol. The summed E-state index contributed by atoms with van der Waals surface area (Å²) in [4.78, 5) is 0. The molecule has 0 saturated carbocycles. The summed E-state index contributed by atoms with van der Waals surface area (Å²) in [5.41, 5.74) is 2.24. The number of methoxy groups -OCH3 is 3. The molecule has 0 saturated heterocycles. The molecule has 25 heavy (non-hydrogen) atoms. The summed E-state index contributed by atoms with van der Waals surface area (Å²) in [5, 5.41) is 15.5. The molecule has 2 N–H and O–H groups in total. The second-order valence-corrected chi connectivity index (χ2v) is 5.44. The van der Waals surface area contributed by atoms with Gasteiger partial charge in [0.15, 0.2) is 16.6 Å². The van der Waals surface area contributed by atoms with Gasteiger partial charge in [-0.3, -0.25) is 0 Å². The highest BCUT2D eigenvalue weighted by atomic mass is 32.1. The first-order chi connectivity index (χ1) is 12.1. The van der Waals surface area contributed by atoms with E-state index in [0.717, 1.165) is 11.3 Å². The first-order valence-corrected chi connectivity index (χ1v) is 7.86.